The lowest BCUT2D eigenvalue weighted by Gasteiger charge is -2.08. The van der Waals surface area contributed by atoms with E-state index in [1.165, 1.54) is 0 Å². The van der Waals surface area contributed by atoms with Crippen LogP contribution >= 0.6 is 0 Å². The Hall–Kier alpha value is -3.22. The van der Waals surface area contributed by atoms with Crippen LogP contribution in [0, 0.1) is 13.8 Å². The first kappa shape index (κ1) is 17.6. The van der Waals surface area contributed by atoms with Crippen LogP contribution in [0.5, 0.6) is 0 Å². The van der Waals surface area contributed by atoms with Gasteiger partial charge >= 0.3 is 5.97 Å². The zero-order chi connectivity index (χ0) is 18.8. The van der Waals surface area contributed by atoms with E-state index in [0.717, 1.165) is 22.3 Å². The molecule has 7 nitrogen and oxygen atoms in total. The fraction of sp³-hybridized carbons (Fsp3) is 0.263. The molecule has 0 fully saturated rings. The standard InChI is InChI=1S/C19H20N4O3/c1-11-10-15(17-12(2)22-23(3)18(17)20-11)19(26)21-14-7-4-13(5-8-14)6-9-16(24)25/h4-5,7-8,10H,6,9H2,1-3H3,(H,21,26)(H,24,25). The van der Waals surface area contributed by atoms with Crippen molar-refractivity contribution in [3.63, 3.8) is 0 Å². The average Bonchev–Trinajstić information content (AvgIpc) is 2.87. The molecule has 134 valence electrons. The number of hydrogen-bond donors (Lipinski definition) is 2. The number of aromatic nitrogens is 3. The Bertz CT molecular complexity index is 990. The van der Waals surface area contributed by atoms with Crippen molar-refractivity contribution in [1.82, 2.24) is 14.8 Å². The van der Waals surface area contributed by atoms with Gasteiger partial charge in [0.1, 0.15) is 0 Å². The van der Waals surface area contributed by atoms with Crippen LogP contribution in [0.25, 0.3) is 11.0 Å². The van der Waals surface area contributed by atoms with Crippen LogP contribution in [0.3, 0.4) is 0 Å². The van der Waals surface area contributed by atoms with Gasteiger partial charge in [-0.3, -0.25) is 14.3 Å². The van der Waals surface area contributed by atoms with Gasteiger partial charge in [-0.2, -0.15) is 5.10 Å². The lowest BCUT2D eigenvalue weighted by Crippen LogP contribution is -2.13. The number of benzene rings is 1. The summed E-state index contributed by atoms with van der Waals surface area (Å²) in [6.45, 7) is 3.70. The number of fused-ring (bicyclic) bond motifs is 1. The molecule has 0 spiro atoms. The Morgan fingerprint density at radius 1 is 1.19 bits per heavy atom. The average molecular weight is 352 g/mol. The number of carbonyl (C=O) groups excluding carboxylic acids is 1. The number of aryl methyl sites for hydroxylation is 4. The van der Waals surface area contributed by atoms with Crippen LogP contribution in [0.4, 0.5) is 5.69 Å². The van der Waals surface area contributed by atoms with Crippen molar-refractivity contribution in [2.75, 3.05) is 5.32 Å². The second-order valence-corrected chi connectivity index (χ2v) is 6.26. The Morgan fingerprint density at radius 3 is 2.54 bits per heavy atom. The molecule has 0 aliphatic carbocycles. The summed E-state index contributed by atoms with van der Waals surface area (Å²) in [4.78, 5) is 27.9. The fourth-order valence-corrected chi connectivity index (χ4v) is 2.95. The molecule has 2 N–H and O–H groups in total. The van der Waals surface area contributed by atoms with E-state index in [4.69, 9.17) is 5.11 Å². The van der Waals surface area contributed by atoms with Crippen LogP contribution in [0.2, 0.25) is 0 Å². The number of aliphatic carboxylic acids is 1. The molecular formula is C19H20N4O3. The highest BCUT2D eigenvalue weighted by atomic mass is 16.4. The van der Waals surface area contributed by atoms with Gasteiger partial charge in [-0.15, -0.1) is 0 Å². The molecule has 0 saturated carbocycles. The van der Waals surface area contributed by atoms with Crippen LogP contribution in [0.15, 0.2) is 30.3 Å². The van der Waals surface area contributed by atoms with E-state index in [1.807, 2.05) is 26.0 Å². The van der Waals surface area contributed by atoms with Crippen LogP contribution in [0.1, 0.15) is 33.7 Å². The third-order valence-corrected chi connectivity index (χ3v) is 4.18. The van der Waals surface area contributed by atoms with Gasteiger partial charge in [0.2, 0.25) is 0 Å². The minimum absolute atomic E-state index is 0.0836. The van der Waals surface area contributed by atoms with E-state index in [1.54, 1.807) is 29.9 Å². The summed E-state index contributed by atoms with van der Waals surface area (Å²) in [6, 6.07) is 8.95. The lowest BCUT2D eigenvalue weighted by atomic mass is 10.1. The number of nitrogens with zero attached hydrogens (tertiary/aromatic N) is 3. The van der Waals surface area contributed by atoms with Gasteiger partial charge in [-0.1, -0.05) is 12.1 Å². The van der Waals surface area contributed by atoms with Crippen LogP contribution in [-0.2, 0) is 18.3 Å². The number of carboxylic acids is 1. The van der Waals surface area contributed by atoms with E-state index >= 15 is 0 Å². The van der Waals surface area contributed by atoms with E-state index in [-0.39, 0.29) is 12.3 Å². The summed E-state index contributed by atoms with van der Waals surface area (Å²) < 4.78 is 1.67. The summed E-state index contributed by atoms with van der Waals surface area (Å²) in [5.74, 6) is -1.05. The molecular weight excluding hydrogens is 332 g/mol. The maximum atomic E-state index is 12.8. The Balaban J connectivity index is 1.84. The molecule has 0 aliphatic heterocycles. The van der Waals surface area contributed by atoms with E-state index in [9.17, 15) is 9.59 Å². The molecule has 0 bridgehead atoms. The summed E-state index contributed by atoms with van der Waals surface area (Å²) in [5.41, 5.74) is 4.28. The summed E-state index contributed by atoms with van der Waals surface area (Å²) in [5, 5.41) is 16.7. The topological polar surface area (TPSA) is 97.1 Å². The van der Waals surface area contributed by atoms with Gasteiger partial charge in [0.15, 0.2) is 5.65 Å². The number of carboxylic acid groups (broad SMARTS) is 1. The Morgan fingerprint density at radius 2 is 1.88 bits per heavy atom. The lowest BCUT2D eigenvalue weighted by molar-refractivity contribution is -0.136. The number of rotatable bonds is 5. The van der Waals surface area contributed by atoms with Crippen molar-refractivity contribution in [2.24, 2.45) is 7.05 Å². The predicted molar refractivity (Wildman–Crippen MR) is 98.3 cm³/mol. The SMILES string of the molecule is Cc1cc(C(=O)Nc2ccc(CCC(=O)O)cc2)c2c(C)nn(C)c2n1. The summed E-state index contributed by atoms with van der Waals surface area (Å²) >= 11 is 0. The van der Waals surface area contributed by atoms with Gasteiger partial charge < -0.3 is 10.4 Å². The largest absolute Gasteiger partial charge is 0.481 e. The third-order valence-electron chi connectivity index (χ3n) is 4.18. The molecule has 0 unspecified atom stereocenters. The van der Waals surface area contributed by atoms with E-state index < -0.39 is 5.97 Å². The minimum Gasteiger partial charge on any atom is -0.481 e. The smallest absolute Gasteiger partial charge is 0.303 e. The van der Waals surface area contributed by atoms with Gasteiger partial charge in [0.25, 0.3) is 5.91 Å². The molecule has 0 atom stereocenters. The molecule has 0 saturated heterocycles. The van der Waals surface area contributed by atoms with Gasteiger partial charge in [0, 0.05) is 24.8 Å². The number of pyridine rings is 1. The van der Waals surface area contributed by atoms with Crippen molar-refractivity contribution >= 4 is 28.6 Å². The molecule has 26 heavy (non-hydrogen) atoms. The third kappa shape index (κ3) is 3.56. The van der Waals surface area contributed by atoms with Crippen molar-refractivity contribution in [3.05, 3.63) is 52.8 Å². The van der Waals surface area contributed by atoms with Gasteiger partial charge in [-0.25, -0.2) is 4.98 Å². The number of anilines is 1. The monoisotopic (exact) mass is 352 g/mol. The Kier molecular flexibility index (Phi) is 4.71. The molecule has 0 aliphatic rings. The molecule has 2 aromatic heterocycles. The van der Waals surface area contributed by atoms with Gasteiger partial charge in [0.05, 0.1) is 16.6 Å². The normalized spacial score (nSPS) is 10.9. The quantitative estimate of drug-likeness (QED) is 0.736. The predicted octanol–water partition coefficient (Wildman–Crippen LogP) is 2.85. The molecule has 0 radical (unpaired) electrons. The highest BCUT2D eigenvalue weighted by molar-refractivity contribution is 6.12. The second kappa shape index (κ2) is 6.95. The first-order valence-electron chi connectivity index (χ1n) is 8.28. The summed E-state index contributed by atoms with van der Waals surface area (Å²) in [6.07, 6.45) is 0.545. The van der Waals surface area contributed by atoms with E-state index in [2.05, 4.69) is 15.4 Å². The zero-order valence-corrected chi connectivity index (χ0v) is 14.9. The van der Waals surface area contributed by atoms with Gasteiger partial charge in [-0.05, 0) is 44.0 Å². The zero-order valence-electron chi connectivity index (χ0n) is 14.9. The second-order valence-electron chi connectivity index (χ2n) is 6.26. The number of nitrogens with one attached hydrogen (secondary N) is 1. The van der Waals surface area contributed by atoms with Crippen LogP contribution in [-0.4, -0.2) is 31.7 Å². The van der Waals surface area contributed by atoms with Crippen LogP contribution < -0.4 is 5.32 Å². The first-order chi connectivity index (χ1) is 12.3. The molecule has 1 aromatic carbocycles. The molecule has 7 heteroatoms. The molecule has 1 amide bonds. The summed E-state index contributed by atoms with van der Waals surface area (Å²) in [7, 11) is 1.80. The number of amides is 1. The number of carbonyl (C=O) groups is 2. The van der Waals surface area contributed by atoms with E-state index in [0.29, 0.717) is 23.3 Å². The van der Waals surface area contributed by atoms with Crippen molar-refractivity contribution in [2.45, 2.75) is 26.7 Å². The highest BCUT2D eigenvalue weighted by Crippen LogP contribution is 2.23. The fourth-order valence-electron chi connectivity index (χ4n) is 2.95. The first-order valence-corrected chi connectivity index (χ1v) is 8.28. The molecule has 3 rings (SSSR count). The molecule has 3 aromatic rings. The van der Waals surface area contributed by atoms with Crippen molar-refractivity contribution in [1.29, 1.82) is 0 Å². The minimum atomic E-state index is -0.828. The van der Waals surface area contributed by atoms with Crippen molar-refractivity contribution < 1.29 is 14.7 Å². The maximum absolute atomic E-state index is 12.8. The molecule has 2 heterocycles. The highest BCUT2D eigenvalue weighted by Gasteiger charge is 2.17. The number of hydrogen-bond acceptors (Lipinski definition) is 4. The maximum Gasteiger partial charge on any atom is 0.303 e. The Labute approximate surface area is 150 Å². The van der Waals surface area contributed by atoms with Crippen molar-refractivity contribution in [3.8, 4) is 0 Å².